The Hall–Kier alpha value is -2.90. The van der Waals surface area contributed by atoms with Gasteiger partial charge in [-0.2, -0.15) is 0 Å². The van der Waals surface area contributed by atoms with Crippen LogP contribution in [0.3, 0.4) is 0 Å². The molecule has 0 saturated heterocycles. The quantitative estimate of drug-likeness (QED) is 0.663. The summed E-state index contributed by atoms with van der Waals surface area (Å²) in [6.07, 6.45) is 4.81. The van der Waals surface area contributed by atoms with E-state index in [1.807, 2.05) is 19.0 Å². The van der Waals surface area contributed by atoms with Crippen molar-refractivity contribution in [1.82, 2.24) is 15.0 Å². The van der Waals surface area contributed by atoms with Crippen molar-refractivity contribution in [2.24, 2.45) is 0 Å². The van der Waals surface area contributed by atoms with Crippen LogP contribution in [0.15, 0.2) is 48.9 Å². The molecular formula is C18H16Cl2N6O. The molecule has 1 amide bonds. The highest BCUT2D eigenvalue weighted by molar-refractivity contribution is 6.40. The predicted molar refractivity (Wildman–Crippen MR) is 108 cm³/mol. The molecule has 0 atom stereocenters. The zero-order valence-electron chi connectivity index (χ0n) is 14.6. The Balaban J connectivity index is 1.74. The Morgan fingerprint density at radius 3 is 2.37 bits per heavy atom. The summed E-state index contributed by atoms with van der Waals surface area (Å²) in [6, 6.07) is 8.23. The molecule has 3 rings (SSSR count). The molecule has 27 heavy (non-hydrogen) atoms. The van der Waals surface area contributed by atoms with Gasteiger partial charge in [-0.15, -0.1) is 0 Å². The van der Waals surface area contributed by atoms with Crippen LogP contribution < -0.4 is 15.5 Å². The summed E-state index contributed by atoms with van der Waals surface area (Å²) < 4.78 is 0. The molecule has 7 nitrogen and oxygen atoms in total. The van der Waals surface area contributed by atoms with Gasteiger partial charge in [0.15, 0.2) is 0 Å². The van der Waals surface area contributed by atoms with Crippen molar-refractivity contribution in [3.05, 3.63) is 64.5 Å². The van der Waals surface area contributed by atoms with E-state index in [0.717, 1.165) is 5.82 Å². The normalized spacial score (nSPS) is 10.4. The first kappa shape index (κ1) is 18.9. The predicted octanol–water partition coefficient (Wildman–Crippen LogP) is 4.24. The molecule has 2 aromatic heterocycles. The third kappa shape index (κ3) is 4.64. The summed E-state index contributed by atoms with van der Waals surface area (Å²) in [6.45, 7) is 0. The number of hydrogen-bond donors (Lipinski definition) is 2. The van der Waals surface area contributed by atoms with E-state index in [9.17, 15) is 4.79 Å². The van der Waals surface area contributed by atoms with Gasteiger partial charge < -0.3 is 15.5 Å². The third-order valence-corrected chi connectivity index (χ3v) is 4.19. The van der Waals surface area contributed by atoms with Crippen molar-refractivity contribution >= 4 is 52.3 Å². The molecule has 0 unspecified atom stereocenters. The van der Waals surface area contributed by atoms with Crippen LogP contribution in [0.4, 0.5) is 23.1 Å². The summed E-state index contributed by atoms with van der Waals surface area (Å²) in [5.41, 5.74) is 0.753. The minimum absolute atomic E-state index is 0.220. The summed E-state index contributed by atoms with van der Waals surface area (Å²) in [5, 5.41) is 6.36. The van der Waals surface area contributed by atoms with Gasteiger partial charge >= 0.3 is 0 Å². The number of anilines is 4. The van der Waals surface area contributed by atoms with E-state index in [-0.39, 0.29) is 15.6 Å². The lowest BCUT2D eigenvalue weighted by Gasteiger charge is -2.12. The van der Waals surface area contributed by atoms with E-state index >= 15 is 0 Å². The van der Waals surface area contributed by atoms with Gasteiger partial charge in [-0.25, -0.2) is 15.0 Å². The maximum Gasteiger partial charge on any atom is 0.258 e. The van der Waals surface area contributed by atoms with Gasteiger partial charge in [0.05, 0.1) is 28.0 Å². The van der Waals surface area contributed by atoms with E-state index in [2.05, 4.69) is 25.6 Å². The number of carbonyl (C=O) groups excluding carboxylic acids is 1. The number of pyridine rings is 1. The lowest BCUT2D eigenvalue weighted by Crippen LogP contribution is -2.13. The average molecular weight is 403 g/mol. The Morgan fingerprint density at radius 2 is 1.74 bits per heavy atom. The molecule has 138 valence electrons. The lowest BCUT2D eigenvalue weighted by atomic mass is 10.2. The van der Waals surface area contributed by atoms with Crippen molar-refractivity contribution in [3.63, 3.8) is 0 Å². The molecule has 1 aromatic carbocycles. The number of nitrogens with one attached hydrogen (secondary N) is 2. The molecule has 9 heteroatoms. The largest absolute Gasteiger partial charge is 0.361 e. The first-order valence-electron chi connectivity index (χ1n) is 7.92. The molecule has 0 aliphatic carbocycles. The van der Waals surface area contributed by atoms with Crippen LogP contribution >= 0.6 is 23.2 Å². The van der Waals surface area contributed by atoms with Crippen molar-refractivity contribution < 1.29 is 4.79 Å². The molecule has 0 aliphatic rings. The van der Waals surface area contributed by atoms with Gasteiger partial charge in [-0.05, 0) is 18.2 Å². The summed E-state index contributed by atoms with van der Waals surface area (Å²) in [4.78, 5) is 27.1. The van der Waals surface area contributed by atoms with Gasteiger partial charge in [0.2, 0.25) is 0 Å². The van der Waals surface area contributed by atoms with E-state index < -0.39 is 5.91 Å². The second kappa shape index (κ2) is 8.20. The van der Waals surface area contributed by atoms with Crippen LogP contribution in [-0.2, 0) is 0 Å². The SMILES string of the molecule is CN(C)c1cnc(Nc2cc(NC(=O)c3c(Cl)cccc3Cl)ccn2)cn1. The van der Waals surface area contributed by atoms with E-state index in [4.69, 9.17) is 23.2 Å². The van der Waals surface area contributed by atoms with Crippen molar-refractivity contribution in [2.45, 2.75) is 0 Å². The number of nitrogens with zero attached hydrogens (tertiary/aromatic N) is 4. The fourth-order valence-electron chi connectivity index (χ4n) is 2.23. The monoisotopic (exact) mass is 402 g/mol. The zero-order valence-corrected chi connectivity index (χ0v) is 16.1. The van der Waals surface area contributed by atoms with Crippen LogP contribution in [0.25, 0.3) is 0 Å². The fraction of sp³-hybridized carbons (Fsp3) is 0.111. The van der Waals surface area contributed by atoms with Crippen molar-refractivity contribution in [3.8, 4) is 0 Å². The topological polar surface area (TPSA) is 83.0 Å². The summed E-state index contributed by atoms with van der Waals surface area (Å²) in [7, 11) is 3.77. The molecule has 0 saturated carbocycles. The second-order valence-electron chi connectivity index (χ2n) is 5.76. The smallest absolute Gasteiger partial charge is 0.258 e. The van der Waals surface area contributed by atoms with Gasteiger partial charge in [0.25, 0.3) is 5.91 Å². The van der Waals surface area contributed by atoms with E-state index in [1.54, 1.807) is 48.9 Å². The van der Waals surface area contributed by atoms with Crippen molar-refractivity contribution in [2.75, 3.05) is 29.6 Å². The highest BCUT2D eigenvalue weighted by atomic mass is 35.5. The second-order valence-corrected chi connectivity index (χ2v) is 6.57. The summed E-state index contributed by atoms with van der Waals surface area (Å²) >= 11 is 12.2. The molecule has 0 spiro atoms. The number of amides is 1. The Labute approximate surface area is 166 Å². The number of aromatic nitrogens is 3. The third-order valence-electron chi connectivity index (χ3n) is 3.56. The number of halogens is 2. The van der Waals surface area contributed by atoms with Crippen LogP contribution in [0.1, 0.15) is 10.4 Å². The van der Waals surface area contributed by atoms with Crippen LogP contribution in [0.5, 0.6) is 0 Å². The minimum Gasteiger partial charge on any atom is -0.361 e. The Kier molecular flexibility index (Phi) is 5.73. The van der Waals surface area contributed by atoms with Gasteiger partial charge in [0.1, 0.15) is 17.5 Å². The maximum absolute atomic E-state index is 12.5. The zero-order chi connectivity index (χ0) is 19.4. The standard InChI is InChI=1S/C18H16Cl2N6O/c1-26(2)16-10-22-15(9-23-16)25-14-8-11(6-7-21-14)24-18(27)17-12(19)4-3-5-13(17)20/h3-10H,1-2H3,(H2,21,22,24,25,27). The van der Waals surface area contributed by atoms with Gasteiger partial charge in [0, 0.05) is 32.0 Å². The fourth-order valence-corrected chi connectivity index (χ4v) is 2.80. The average Bonchev–Trinajstić information content (AvgIpc) is 2.62. The molecule has 0 bridgehead atoms. The first-order chi connectivity index (χ1) is 12.9. The molecular weight excluding hydrogens is 387 g/mol. The highest BCUT2D eigenvalue weighted by Gasteiger charge is 2.15. The first-order valence-corrected chi connectivity index (χ1v) is 8.67. The molecule has 0 radical (unpaired) electrons. The van der Waals surface area contributed by atoms with Crippen molar-refractivity contribution in [1.29, 1.82) is 0 Å². The minimum atomic E-state index is -0.405. The molecule has 0 aliphatic heterocycles. The Bertz CT molecular complexity index is 942. The molecule has 2 heterocycles. The number of benzene rings is 1. The molecule has 2 N–H and O–H groups in total. The number of rotatable bonds is 5. The molecule has 3 aromatic rings. The molecule has 0 fully saturated rings. The number of hydrogen-bond acceptors (Lipinski definition) is 6. The van der Waals surface area contributed by atoms with Crippen LogP contribution in [0.2, 0.25) is 10.0 Å². The lowest BCUT2D eigenvalue weighted by molar-refractivity contribution is 0.102. The number of carbonyl (C=O) groups is 1. The Morgan fingerprint density at radius 1 is 1.00 bits per heavy atom. The van der Waals surface area contributed by atoms with Crippen LogP contribution in [-0.4, -0.2) is 35.0 Å². The van der Waals surface area contributed by atoms with E-state index in [0.29, 0.717) is 17.3 Å². The van der Waals surface area contributed by atoms with E-state index in [1.165, 1.54) is 0 Å². The van der Waals surface area contributed by atoms with Crippen LogP contribution in [0, 0.1) is 0 Å². The van der Waals surface area contributed by atoms with Gasteiger partial charge in [-0.1, -0.05) is 29.3 Å². The summed E-state index contributed by atoms with van der Waals surface area (Å²) in [5.74, 6) is 1.37. The van der Waals surface area contributed by atoms with Gasteiger partial charge in [-0.3, -0.25) is 4.79 Å². The highest BCUT2D eigenvalue weighted by Crippen LogP contribution is 2.25. The maximum atomic E-state index is 12.5.